The predicted molar refractivity (Wildman–Crippen MR) is 88.0 cm³/mol. The molecule has 1 aliphatic rings. The number of nitrogens with zero attached hydrogens (tertiary/aromatic N) is 4. The zero-order valence-electron chi connectivity index (χ0n) is 12.9. The third-order valence-electron chi connectivity index (χ3n) is 4.18. The van der Waals surface area contributed by atoms with E-state index in [1.165, 1.54) is 0 Å². The van der Waals surface area contributed by atoms with Gasteiger partial charge >= 0.3 is 0 Å². The van der Waals surface area contributed by atoms with Gasteiger partial charge in [0.15, 0.2) is 5.65 Å². The fraction of sp³-hybridized carbons (Fsp3) is 0.571. The molecule has 0 spiro atoms. The summed E-state index contributed by atoms with van der Waals surface area (Å²) in [4.78, 5) is 15.1. The van der Waals surface area contributed by atoms with Crippen molar-refractivity contribution in [1.29, 1.82) is 0 Å². The average Bonchev–Trinajstić information content (AvgIpc) is 2.95. The number of anilines is 1. The van der Waals surface area contributed by atoms with Crippen LogP contribution in [0.15, 0.2) is 17.6 Å². The molecule has 1 aliphatic heterocycles. The van der Waals surface area contributed by atoms with Crippen LogP contribution in [0.1, 0.15) is 25.3 Å². The molecule has 1 fully saturated rings. The lowest BCUT2D eigenvalue weighted by Crippen LogP contribution is -2.32. The standard InChI is InChI=1S/C14H19N5O3S/c1-2-19-14-12(9-16-19)13(10(7-15-14)8-17-20)18-11-3-5-23(21,22)6-4-11/h7,9,11H,2-6,8H2,1H3,(H,15,18). The summed E-state index contributed by atoms with van der Waals surface area (Å²) in [5.74, 6) is 0.378. The van der Waals surface area contributed by atoms with E-state index in [0.29, 0.717) is 24.9 Å². The molecule has 0 bridgehead atoms. The molecule has 124 valence electrons. The van der Waals surface area contributed by atoms with Gasteiger partial charge in [-0.1, -0.05) is 5.18 Å². The highest BCUT2D eigenvalue weighted by molar-refractivity contribution is 7.91. The van der Waals surface area contributed by atoms with Crippen molar-refractivity contribution in [3.8, 4) is 0 Å². The maximum Gasteiger partial charge on any atom is 0.159 e. The van der Waals surface area contributed by atoms with Crippen molar-refractivity contribution in [3.63, 3.8) is 0 Å². The molecule has 8 nitrogen and oxygen atoms in total. The molecule has 2 aromatic heterocycles. The summed E-state index contributed by atoms with van der Waals surface area (Å²) < 4.78 is 24.9. The lowest BCUT2D eigenvalue weighted by molar-refractivity contribution is 0.559. The highest BCUT2D eigenvalue weighted by atomic mass is 32.2. The minimum Gasteiger partial charge on any atom is -0.381 e. The van der Waals surface area contributed by atoms with Crippen LogP contribution in [-0.2, 0) is 22.9 Å². The Bertz CT molecular complexity index is 816. The molecule has 23 heavy (non-hydrogen) atoms. The SMILES string of the molecule is CCn1ncc2c(NC3CCS(=O)(=O)CC3)c(CN=O)cnc21. The van der Waals surface area contributed by atoms with Crippen LogP contribution in [0, 0.1) is 4.91 Å². The Morgan fingerprint density at radius 2 is 2.09 bits per heavy atom. The normalized spacial score (nSPS) is 18.1. The van der Waals surface area contributed by atoms with Crippen molar-refractivity contribution >= 4 is 26.6 Å². The minimum absolute atomic E-state index is 0.0214. The highest BCUT2D eigenvalue weighted by Gasteiger charge is 2.25. The van der Waals surface area contributed by atoms with E-state index < -0.39 is 9.84 Å². The van der Waals surface area contributed by atoms with Crippen LogP contribution < -0.4 is 5.32 Å². The molecule has 1 saturated heterocycles. The molecule has 2 aromatic rings. The van der Waals surface area contributed by atoms with Crippen LogP contribution >= 0.6 is 0 Å². The van der Waals surface area contributed by atoms with Gasteiger partial charge in [0.25, 0.3) is 0 Å². The first-order chi connectivity index (χ1) is 11.0. The van der Waals surface area contributed by atoms with Crippen LogP contribution in [0.5, 0.6) is 0 Å². The van der Waals surface area contributed by atoms with Crippen molar-refractivity contribution in [2.24, 2.45) is 5.18 Å². The van der Waals surface area contributed by atoms with Gasteiger partial charge in [-0.2, -0.15) is 10.0 Å². The van der Waals surface area contributed by atoms with Crippen LogP contribution in [-0.4, -0.2) is 40.7 Å². The molecule has 0 unspecified atom stereocenters. The zero-order valence-corrected chi connectivity index (χ0v) is 13.7. The van der Waals surface area contributed by atoms with Gasteiger partial charge in [-0.15, -0.1) is 0 Å². The third kappa shape index (κ3) is 3.19. The molecule has 0 aliphatic carbocycles. The van der Waals surface area contributed by atoms with Gasteiger partial charge in [0.1, 0.15) is 16.4 Å². The summed E-state index contributed by atoms with van der Waals surface area (Å²) in [7, 11) is -2.91. The quantitative estimate of drug-likeness (QED) is 0.832. The second-order valence-electron chi connectivity index (χ2n) is 5.71. The Balaban J connectivity index is 1.95. The molecular weight excluding hydrogens is 318 g/mol. The van der Waals surface area contributed by atoms with Crippen LogP contribution in [0.25, 0.3) is 11.0 Å². The molecule has 1 N–H and O–H groups in total. The number of nitrogens with one attached hydrogen (secondary N) is 1. The number of aryl methyl sites for hydroxylation is 1. The van der Waals surface area contributed by atoms with Crippen molar-refractivity contribution in [1.82, 2.24) is 14.8 Å². The number of aromatic nitrogens is 3. The van der Waals surface area contributed by atoms with Crippen molar-refractivity contribution in [2.75, 3.05) is 16.8 Å². The summed E-state index contributed by atoms with van der Waals surface area (Å²) in [5.41, 5.74) is 2.24. The van der Waals surface area contributed by atoms with E-state index in [9.17, 15) is 13.3 Å². The summed E-state index contributed by atoms with van der Waals surface area (Å²) in [6.45, 7) is 2.70. The Kier molecular flexibility index (Phi) is 4.29. The summed E-state index contributed by atoms with van der Waals surface area (Å²) >= 11 is 0. The van der Waals surface area contributed by atoms with Crippen molar-refractivity contribution < 1.29 is 8.42 Å². The third-order valence-corrected chi connectivity index (χ3v) is 5.90. The monoisotopic (exact) mass is 337 g/mol. The van der Waals surface area contributed by atoms with E-state index >= 15 is 0 Å². The molecule has 0 aromatic carbocycles. The Hall–Kier alpha value is -2.03. The van der Waals surface area contributed by atoms with Gasteiger partial charge in [0.2, 0.25) is 0 Å². The van der Waals surface area contributed by atoms with Crippen LogP contribution in [0.4, 0.5) is 5.69 Å². The number of hydrogen-bond acceptors (Lipinski definition) is 7. The topological polar surface area (TPSA) is 106 Å². The zero-order chi connectivity index (χ0) is 16.4. The lowest BCUT2D eigenvalue weighted by atomic mass is 10.1. The largest absolute Gasteiger partial charge is 0.381 e. The summed E-state index contributed by atoms with van der Waals surface area (Å²) in [5, 5.41) is 11.5. The maximum absolute atomic E-state index is 11.6. The van der Waals surface area contributed by atoms with E-state index in [0.717, 1.165) is 16.7 Å². The number of hydrogen-bond donors (Lipinski definition) is 1. The first-order valence-corrected chi connectivity index (χ1v) is 9.45. The fourth-order valence-electron chi connectivity index (χ4n) is 2.90. The van der Waals surface area contributed by atoms with Gasteiger partial charge in [0.05, 0.1) is 28.8 Å². The first-order valence-electron chi connectivity index (χ1n) is 7.63. The van der Waals surface area contributed by atoms with E-state index in [4.69, 9.17) is 0 Å². The smallest absolute Gasteiger partial charge is 0.159 e. The number of fused-ring (bicyclic) bond motifs is 1. The Labute approximate surface area is 134 Å². The number of nitroso groups, excluding NO2 is 1. The highest BCUT2D eigenvalue weighted by Crippen LogP contribution is 2.29. The Morgan fingerprint density at radius 3 is 2.74 bits per heavy atom. The van der Waals surface area contributed by atoms with E-state index in [-0.39, 0.29) is 24.1 Å². The lowest BCUT2D eigenvalue weighted by Gasteiger charge is -2.25. The minimum atomic E-state index is -2.91. The molecular formula is C14H19N5O3S. The van der Waals surface area contributed by atoms with Gasteiger partial charge in [0, 0.05) is 24.3 Å². The molecule has 9 heteroatoms. The number of pyridine rings is 1. The molecule has 3 rings (SSSR count). The second-order valence-corrected chi connectivity index (χ2v) is 8.02. The Morgan fingerprint density at radius 1 is 1.35 bits per heavy atom. The fourth-order valence-corrected chi connectivity index (χ4v) is 4.39. The molecule has 0 amide bonds. The van der Waals surface area contributed by atoms with Gasteiger partial charge in [-0.25, -0.2) is 18.1 Å². The molecule has 0 saturated carbocycles. The van der Waals surface area contributed by atoms with Gasteiger partial charge in [-0.05, 0) is 19.8 Å². The van der Waals surface area contributed by atoms with E-state index in [1.54, 1.807) is 17.1 Å². The van der Waals surface area contributed by atoms with Crippen molar-refractivity contribution in [3.05, 3.63) is 22.9 Å². The number of sulfone groups is 1. The van der Waals surface area contributed by atoms with E-state index in [2.05, 4.69) is 20.6 Å². The molecule has 3 heterocycles. The maximum atomic E-state index is 11.6. The van der Waals surface area contributed by atoms with Gasteiger partial charge in [-0.3, -0.25) is 0 Å². The summed E-state index contributed by atoms with van der Waals surface area (Å²) in [6, 6.07) is 0.0551. The average molecular weight is 337 g/mol. The first kappa shape index (κ1) is 15.9. The summed E-state index contributed by atoms with van der Waals surface area (Å²) in [6.07, 6.45) is 4.48. The molecule has 0 radical (unpaired) electrons. The van der Waals surface area contributed by atoms with Crippen LogP contribution in [0.2, 0.25) is 0 Å². The van der Waals surface area contributed by atoms with Gasteiger partial charge < -0.3 is 5.32 Å². The number of rotatable bonds is 5. The van der Waals surface area contributed by atoms with Crippen molar-refractivity contribution in [2.45, 2.75) is 38.9 Å². The molecule has 0 atom stereocenters. The predicted octanol–water partition coefficient (Wildman–Crippen LogP) is 1.71. The van der Waals surface area contributed by atoms with E-state index in [1.807, 2.05) is 6.92 Å². The van der Waals surface area contributed by atoms with Crippen LogP contribution in [0.3, 0.4) is 0 Å². The second kappa shape index (κ2) is 6.23.